The number of benzene rings is 1. The molecule has 0 aliphatic carbocycles. The van der Waals surface area contributed by atoms with Gasteiger partial charge < -0.3 is 10.6 Å². The lowest BCUT2D eigenvalue weighted by molar-refractivity contribution is 0.240. The fourth-order valence-corrected chi connectivity index (χ4v) is 3.92. The second-order valence-corrected chi connectivity index (χ2v) is 7.44. The number of nitrogens with one attached hydrogen (secondary N) is 2. The van der Waals surface area contributed by atoms with Crippen molar-refractivity contribution >= 4 is 45.1 Å². The highest BCUT2D eigenvalue weighted by Gasteiger charge is 2.02. The van der Waals surface area contributed by atoms with Gasteiger partial charge in [-0.3, -0.25) is 0 Å². The maximum absolute atomic E-state index is 11.6. The Kier molecular flexibility index (Phi) is 7.12. The van der Waals surface area contributed by atoms with Crippen LogP contribution in [0.2, 0.25) is 0 Å². The molecule has 0 saturated heterocycles. The van der Waals surface area contributed by atoms with Crippen LogP contribution in [0.5, 0.6) is 0 Å². The summed E-state index contributed by atoms with van der Waals surface area (Å²) in [6.45, 7) is 1.26. The second-order valence-electron chi connectivity index (χ2n) is 4.36. The van der Waals surface area contributed by atoms with Gasteiger partial charge in [-0.1, -0.05) is 18.2 Å². The molecule has 0 fully saturated rings. The maximum Gasteiger partial charge on any atom is 0.315 e. The molecule has 0 aliphatic heterocycles. The van der Waals surface area contributed by atoms with Crippen molar-refractivity contribution in [2.45, 2.75) is 17.9 Å². The van der Waals surface area contributed by atoms with Crippen LogP contribution in [-0.4, -0.2) is 18.3 Å². The number of thiophene rings is 1. The molecular weight excluding hydrogens is 368 g/mol. The molecule has 112 valence electrons. The van der Waals surface area contributed by atoms with Gasteiger partial charge in [0.1, 0.15) is 0 Å². The lowest BCUT2D eigenvalue weighted by Crippen LogP contribution is -2.35. The summed E-state index contributed by atoms with van der Waals surface area (Å²) in [6, 6.07) is 12.2. The predicted octanol–water partition coefficient (Wildman–Crippen LogP) is 4.49. The van der Waals surface area contributed by atoms with Crippen LogP contribution in [0.4, 0.5) is 4.79 Å². The highest BCUT2D eigenvalue weighted by Crippen LogP contribution is 2.19. The van der Waals surface area contributed by atoms with Crippen LogP contribution in [0.1, 0.15) is 11.3 Å². The van der Waals surface area contributed by atoms with Gasteiger partial charge in [-0.25, -0.2) is 4.79 Å². The Morgan fingerprint density at radius 1 is 1.24 bits per heavy atom. The summed E-state index contributed by atoms with van der Waals surface area (Å²) < 4.78 is 1.06. The Balaban J connectivity index is 1.53. The van der Waals surface area contributed by atoms with Crippen molar-refractivity contribution in [2.24, 2.45) is 0 Å². The number of carbonyl (C=O) groups is 1. The monoisotopic (exact) mass is 384 g/mol. The summed E-state index contributed by atoms with van der Waals surface area (Å²) in [5.41, 5.74) is 0. The fourth-order valence-electron chi connectivity index (χ4n) is 1.66. The maximum atomic E-state index is 11.6. The van der Waals surface area contributed by atoms with Crippen molar-refractivity contribution in [3.63, 3.8) is 0 Å². The molecule has 1 aromatic heterocycles. The van der Waals surface area contributed by atoms with Gasteiger partial charge in [0, 0.05) is 26.2 Å². The molecule has 0 spiro atoms. The number of carbonyl (C=O) groups excluding carboxylic acids is 1. The normalized spacial score (nSPS) is 10.3. The molecule has 2 rings (SSSR count). The summed E-state index contributed by atoms with van der Waals surface area (Å²) in [6.07, 6.45) is 0.956. The molecule has 2 N–H and O–H groups in total. The third-order valence-electron chi connectivity index (χ3n) is 2.66. The van der Waals surface area contributed by atoms with E-state index in [1.54, 1.807) is 11.3 Å². The predicted molar refractivity (Wildman–Crippen MR) is 94.0 cm³/mol. The SMILES string of the molecule is O=C(NCCCSc1ccccc1)NCc1cc(Br)cs1. The molecular formula is C15H17BrN2OS2. The molecule has 0 saturated carbocycles. The van der Waals surface area contributed by atoms with E-state index in [2.05, 4.69) is 38.7 Å². The standard InChI is InChI=1S/C15H17BrN2OS2/c16-12-9-14(21-11-12)10-18-15(19)17-7-4-8-20-13-5-2-1-3-6-13/h1-3,5-6,9,11H,4,7-8,10H2,(H2,17,18,19). The zero-order valence-corrected chi connectivity index (χ0v) is 14.7. The van der Waals surface area contributed by atoms with Crippen molar-refractivity contribution < 1.29 is 4.79 Å². The zero-order chi connectivity index (χ0) is 14.9. The van der Waals surface area contributed by atoms with Gasteiger partial charge in [0.25, 0.3) is 0 Å². The first-order chi connectivity index (χ1) is 10.2. The molecule has 1 aromatic carbocycles. The summed E-state index contributed by atoms with van der Waals surface area (Å²) in [4.78, 5) is 14.0. The van der Waals surface area contributed by atoms with E-state index in [4.69, 9.17) is 0 Å². The Hall–Kier alpha value is -0.980. The topological polar surface area (TPSA) is 41.1 Å². The van der Waals surface area contributed by atoms with Gasteiger partial charge in [-0.2, -0.15) is 0 Å². The van der Waals surface area contributed by atoms with Crippen LogP contribution < -0.4 is 10.6 Å². The van der Waals surface area contributed by atoms with Gasteiger partial charge in [0.05, 0.1) is 6.54 Å². The first-order valence-corrected chi connectivity index (χ1v) is 9.32. The van der Waals surface area contributed by atoms with Crippen molar-refractivity contribution in [3.8, 4) is 0 Å². The second kappa shape index (κ2) is 9.12. The average Bonchev–Trinajstić information content (AvgIpc) is 2.91. The van der Waals surface area contributed by atoms with E-state index in [-0.39, 0.29) is 6.03 Å². The highest BCUT2D eigenvalue weighted by atomic mass is 79.9. The Morgan fingerprint density at radius 3 is 2.76 bits per heavy atom. The zero-order valence-electron chi connectivity index (χ0n) is 11.5. The first kappa shape index (κ1) is 16.4. The number of urea groups is 1. The molecule has 0 unspecified atom stereocenters. The third-order valence-corrected chi connectivity index (χ3v) is 5.46. The van der Waals surface area contributed by atoms with Crippen LogP contribution in [0, 0.1) is 0 Å². The summed E-state index contributed by atoms with van der Waals surface area (Å²) in [7, 11) is 0. The number of amides is 2. The van der Waals surface area contributed by atoms with Crippen LogP contribution in [-0.2, 0) is 6.54 Å². The van der Waals surface area contributed by atoms with Crippen molar-refractivity contribution in [3.05, 3.63) is 51.1 Å². The minimum Gasteiger partial charge on any atom is -0.338 e. The summed E-state index contributed by atoms with van der Waals surface area (Å²) >= 11 is 6.84. The van der Waals surface area contributed by atoms with Crippen LogP contribution in [0.15, 0.2) is 51.1 Å². The van der Waals surface area contributed by atoms with E-state index >= 15 is 0 Å². The number of halogens is 1. The van der Waals surface area contributed by atoms with Crippen LogP contribution in [0.3, 0.4) is 0 Å². The van der Waals surface area contributed by atoms with Crippen LogP contribution in [0.25, 0.3) is 0 Å². The summed E-state index contributed by atoms with van der Waals surface area (Å²) in [5.74, 6) is 1.00. The largest absolute Gasteiger partial charge is 0.338 e. The molecule has 21 heavy (non-hydrogen) atoms. The lowest BCUT2D eigenvalue weighted by Gasteiger charge is -2.06. The molecule has 0 atom stereocenters. The van der Waals surface area contributed by atoms with E-state index in [0.29, 0.717) is 13.1 Å². The average molecular weight is 385 g/mol. The van der Waals surface area contributed by atoms with Crippen molar-refractivity contribution in [1.82, 2.24) is 10.6 Å². The Labute approximate surface area is 141 Å². The molecule has 0 radical (unpaired) electrons. The quantitative estimate of drug-likeness (QED) is 0.545. The number of rotatable bonds is 7. The Bertz CT molecular complexity index is 560. The van der Waals surface area contributed by atoms with Gasteiger partial charge in [-0.15, -0.1) is 23.1 Å². The number of thioether (sulfide) groups is 1. The van der Waals surface area contributed by atoms with E-state index < -0.39 is 0 Å². The van der Waals surface area contributed by atoms with E-state index in [1.165, 1.54) is 4.90 Å². The number of hydrogen-bond donors (Lipinski definition) is 2. The molecule has 0 bridgehead atoms. The Morgan fingerprint density at radius 2 is 2.05 bits per heavy atom. The molecule has 0 aliphatic rings. The van der Waals surface area contributed by atoms with Gasteiger partial charge >= 0.3 is 6.03 Å². The van der Waals surface area contributed by atoms with E-state index in [0.717, 1.165) is 21.5 Å². The van der Waals surface area contributed by atoms with Crippen LogP contribution >= 0.6 is 39.0 Å². The first-order valence-electron chi connectivity index (χ1n) is 6.66. The van der Waals surface area contributed by atoms with Crippen molar-refractivity contribution in [1.29, 1.82) is 0 Å². The highest BCUT2D eigenvalue weighted by molar-refractivity contribution is 9.10. The summed E-state index contributed by atoms with van der Waals surface area (Å²) in [5, 5.41) is 7.74. The van der Waals surface area contributed by atoms with Crippen molar-refractivity contribution in [2.75, 3.05) is 12.3 Å². The lowest BCUT2D eigenvalue weighted by atomic mass is 10.4. The molecule has 1 heterocycles. The molecule has 2 amide bonds. The minimum absolute atomic E-state index is 0.107. The van der Waals surface area contributed by atoms with Gasteiger partial charge in [0.15, 0.2) is 0 Å². The fraction of sp³-hybridized carbons (Fsp3) is 0.267. The molecule has 3 nitrogen and oxygen atoms in total. The third kappa shape index (κ3) is 6.54. The van der Waals surface area contributed by atoms with E-state index in [9.17, 15) is 4.79 Å². The molecule has 6 heteroatoms. The number of hydrogen-bond acceptors (Lipinski definition) is 3. The smallest absolute Gasteiger partial charge is 0.315 e. The van der Waals surface area contributed by atoms with Gasteiger partial charge in [-0.05, 0) is 46.3 Å². The minimum atomic E-state index is -0.107. The molecule has 2 aromatic rings. The van der Waals surface area contributed by atoms with Gasteiger partial charge in [0.2, 0.25) is 0 Å². The van der Waals surface area contributed by atoms with E-state index in [1.807, 2.05) is 41.4 Å².